The van der Waals surface area contributed by atoms with Crippen molar-refractivity contribution in [3.8, 4) is 0 Å². The number of hydrogen-bond donors (Lipinski definition) is 2. The molecular formula is C23H42O6S12. The van der Waals surface area contributed by atoms with Gasteiger partial charge in [0.15, 0.2) is 15.3 Å². The van der Waals surface area contributed by atoms with Crippen LogP contribution in [0.2, 0.25) is 0 Å². The fourth-order valence-corrected chi connectivity index (χ4v) is 14.4. The van der Waals surface area contributed by atoms with E-state index in [2.05, 4.69) is 0 Å². The first kappa shape index (κ1) is 43.9. The molecule has 0 spiro atoms. The molecule has 1 atom stereocenters. The Morgan fingerprint density at radius 3 is 1.41 bits per heavy atom. The van der Waals surface area contributed by atoms with E-state index in [1.54, 1.807) is 35.3 Å². The zero-order chi connectivity index (χ0) is 30.2. The van der Waals surface area contributed by atoms with Gasteiger partial charge in [-0.3, -0.25) is 18.6 Å². The van der Waals surface area contributed by atoms with Crippen LogP contribution in [0.1, 0.15) is 25.7 Å². The zero-order valence-electron chi connectivity index (χ0n) is 23.1. The first-order chi connectivity index (χ1) is 20.0. The predicted molar refractivity (Wildman–Crippen MR) is 207 cm³/mol. The topological polar surface area (TPSA) is 109 Å². The van der Waals surface area contributed by atoms with Crippen LogP contribution in [0.4, 0.5) is 0 Å². The van der Waals surface area contributed by atoms with Crippen LogP contribution < -0.4 is 0 Å². The van der Waals surface area contributed by atoms with E-state index in [0.29, 0.717) is 29.4 Å². The molecule has 0 aromatic carbocycles. The molecule has 0 aliphatic heterocycles. The number of aliphatic hydroxyl groups excluding tert-OH is 2. The number of carbonyl (C=O) groups excluding carboxylic acids is 3. The van der Waals surface area contributed by atoms with Crippen molar-refractivity contribution in [2.45, 2.75) is 25.7 Å². The highest BCUT2D eigenvalue weighted by atomic mass is 32.2. The van der Waals surface area contributed by atoms with Gasteiger partial charge in [-0.15, -0.1) is 23.5 Å². The lowest BCUT2D eigenvalue weighted by Gasteiger charge is -2.04. The highest BCUT2D eigenvalue weighted by Gasteiger charge is 2.06. The van der Waals surface area contributed by atoms with Crippen LogP contribution in [-0.2, 0) is 25.2 Å². The van der Waals surface area contributed by atoms with Crippen molar-refractivity contribution in [1.29, 1.82) is 0 Å². The molecule has 0 radical (unpaired) electrons. The summed E-state index contributed by atoms with van der Waals surface area (Å²) in [7, 11) is -0.759. The minimum atomic E-state index is -0.759. The van der Waals surface area contributed by atoms with Crippen LogP contribution >= 0.6 is 129 Å². The van der Waals surface area contributed by atoms with E-state index < -0.39 is 10.8 Å². The van der Waals surface area contributed by atoms with Gasteiger partial charge >= 0.3 is 0 Å². The smallest absolute Gasteiger partial charge is 0.190 e. The molecule has 0 aliphatic carbocycles. The van der Waals surface area contributed by atoms with Gasteiger partial charge in [-0.1, -0.05) is 35.3 Å². The van der Waals surface area contributed by atoms with Gasteiger partial charge in [-0.05, 0) is 12.2 Å². The van der Waals surface area contributed by atoms with Crippen molar-refractivity contribution in [2.75, 3.05) is 89.1 Å². The monoisotopic (exact) mass is 798 g/mol. The minimum Gasteiger partial charge on any atom is -0.386 e. The molecule has 0 aromatic rings. The average molecular weight is 799 g/mol. The second-order valence-corrected chi connectivity index (χ2v) is 22.7. The van der Waals surface area contributed by atoms with Crippen LogP contribution in [0.3, 0.4) is 0 Å². The second-order valence-electron chi connectivity index (χ2n) is 7.41. The van der Waals surface area contributed by atoms with Crippen molar-refractivity contribution in [2.24, 2.45) is 0 Å². The van der Waals surface area contributed by atoms with Gasteiger partial charge in [0.05, 0.1) is 11.9 Å². The average Bonchev–Trinajstić information content (AvgIpc) is 2.95. The molecule has 242 valence electrons. The summed E-state index contributed by atoms with van der Waals surface area (Å²) in [5.41, 5.74) is 0. The maximum Gasteiger partial charge on any atom is 0.190 e. The lowest BCUT2D eigenvalue weighted by atomic mass is 10.5. The summed E-state index contributed by atoms with van der Waals surface area (Å²) in [6.45, 7) is 0. The van der Waals surface area contributed by atoms with E-state index in [9.17, 15) is 18.6 Å². The van der Waals surface area contributed by atoms with E-state index in [-0.39, 0.29) is 27.2 Å². The Morgan fingerprint density at radius 2 is 0.902 bits per heavy atom. The molecule has 0 saturated carbocycles. The third-order valence-corrected chi connectivity index (χ3v) is 17.8. The van der Waals surface area contributed by atoms with E-state index in [0.717, 1.165) is 73.5 Å². The first-order valence-corrected chi connectivity index (χ1v) is 26.3. The highest BCUT2D eigenvalue weighted by molar-refractivity contribution is 8.24. The number of aliphatic hydroxyl groups is 2. The number of thioether (sulfide) groups is 11. The summed E-state index contributed by atoms with van der Waals surface area (Å²) in [4.78, 5) is 35.2. The van der Waals surface area contributed by atoms with E-state index in [1.165, 1.54) is 58.8 Å². The van der Waals surface area contributed by atoms with E-state index in [1.807, 2.05) is 35.3 Å². The van der Waals surface area contributed by atoms with Gasteiger partial charge in [0.2, 0.25) is 0 Å². The molecule has 1 unspecified atom stereocenters. The summed E-state index contributed by atoms with van der Waals surface area (Å²) in [5, 5.41) is 22.0. The maximum absolute atomic E-state index is 12.2. The van der Waals surface area contributed by atoms with Gasteiger partial charge in [0, 0.05) is 102 Å². The van der Waals surface area contributed by atoms with Crippen molar-refractivity contribution in [1.82, 2.24) is 0 Å². The minimum absolute atomic E-state index is 0.0497. The SMILES string of the molecule is O=C(CCSCSCCC(=O)SCSCO)SCCSCSCCS(=O)CCCSCSCCC(=O)SCSCO. The quantitative estimate of drug-likeness (QED) is 0.0578. The third-order valence-electron chi connectivity index (χ3n) is 4.25. The summed E-state index contributed by atoms with van der Waals surface area (Å²) in [6, 6.07) is 0. The van der Waals surface area contributed by atoms with Crippen LogP contribution in [0.25, 0.3) is 0 Å². The summed E-state index contributed by atoms with van der Waals surface area (Å²) >= 11 is 17.4. The molecule has 6 nitrogen and oxygen atoms in total. The van der Waals surface area contributed by atoms with Crippen LogP contribution in [-0.4, -0.2) is 119 Å². The predicted octanol–water partition coefficient (Wildman–Crippen LogP) is 6.63. The molecule has 0 bridgehead atoms. The molecule has 18 heteroatoms. The van der Waals surface area contributed by atoms with Crippen molar-refractivity contribution in [3.63, 3.8) is 0 Å². The normalized spacial score (nSPS) is 12.0. The number of carbonyl (C=O) groups is 3. The molecule has 0 rings (SSSR count). The Kier molecular flexibility index (Phi) is 38.3. The molecule has 0 aromatic heterocycles. The lowest BCUT2D eigenvalue weighted by Crippen LogP contribution is -2.06. The van der Waals surface area contributed by atoms with Gasteiger partial charge < -0.3 is 10.2 Å². The largest absolute Gasteiger partial charge is 0.386 e. The number of hydrogen-bond acceptors (Lipinski definition) is 17. The Bertz CT molecular complexity index is 677. The Labute approximate surface area is 296 Å². The Hall–Kier alpha value is 2.93. The molecular weight excluding hydrogens is 757 g/mol. The number of rotatable bonds is 31. The molecule has 0 saturated heterocycles. The Balaban J connectivity index is 3.35. The zero-order valence-corrected chi connectivity index (χ0v) is 32.9. The lowest BCUT2D eigenvalue weighted by molar-refractivity contribution is -0.111. The van der Waals surface area contributed by atoms with Gasteiger partial charge in [0.25, 0.3) is 0 Å². The highest BCUT2D eigenvalue weighted by Crippen LogP contribution is 2.21. The second kappa shape index (κ2) is 35.8. The van der Waals surface area contributed by atoms with Crippen molar-refractivity contribution in [3.05, 3.63) is 0 Å². The molecule has 41 heavy (non-hydrogen) atoms. The fraction of sp³-hybridized carbons (Fsp3) is 0.870. The standard InChI is InChI=1S/C23H42O6S12/c24-14-36-19-39-22(27)3-7-31-16-30-5-1-12-41(29)13-11-35-18-34-9-10-38-21(26)2-6-32-17-33-8-4-23(28)40-20-37-15-25/h24-25H,1-20H2. The van der Waals surface area contributed by atoms with E-state index >= 15 is 0 Å². The van der Waals surface area contributed by atoms with Crippen LogP contribution in [0.15, 0.2) is 0 Å². The van der Waals surface area contributed by atoms with E-state index in [4.69, 9.17) is 10.2 Å². The summed E-state index contributed by atoms with van der Waals surface area (Å²) < 4.78 is 12.2. The Morgan fingerprint density at radius 1 is 0.463 bits per heavy atom. The molecule has 0 fully saturated rings. The fourth-order valence-electron chi connectivity index (χ4n) is 2.29. The first-order valence-electron chi connectivity index (χ1n) is 12.6. The van der Waals surface area contributed by atoms with Gasteiger partial charge in [-0.2, -0.15) is 70.6 Å². The summed E-state index contributed by atoms with van der Waals surface area (Å²) in [5.74, 6) is 7.73. The molecule has 0 aliphatic rings. The van der Waals surface area contributed by atoms with Crippen LogP contribution in [0, 0.1) is 0 Å². The van der Waals surface area contributed by atoms with Crippen LogP contribution in [0.5, 0.6) is 0 Å². The van der Waals surface area contributed by atoms with Gasteiger partial charge in [0.1, 0.15) is 0 Å². The molecule has 0 amide bonds. The van der Waals surface area contributed by atoms with Gasteiger partial charge in [-0.25, -0.2) is 0 Å². The maximum atomic E-state index is 12.2. The van der Waals surface area contributed by atoms with Crippen molar-refractivity contribution < 1.29 is 28.8 Å². The summed E-state index contributed by atoms with van der Waals surface area (Å²) in [6.07, 6.45) is 2.65. The molecule has 2 N–H and O–H groups in total. The third kappa shape index (κ3) is 35.6. The molecule has 0 heterocycles. The van der Waals surface area contributed by atoms with Crippen molar-refractivity contribution >= 4 is 156 Å².